The molecular weight excluding hydrogens is 306 g/mol. The molecule has 7 heteroatoms. The summed E-state index contributed by atoms with van der Waals surface area (Å²) in [4.78, 5) is 32.2. The highest BCUT2D eigenvalue weighted by atomic mass is 16.2. The fourth-order valence-electron chi connectivity index (χ4n) is 3.04. The third kappa shape index (κ3) is 4.44. The molecule has 1 aromatic rings. The minimum atomic E-state index is -0.208. The Morgan fingerprint density at radius 3 is 2.46 bits per heavy atom. The summed E-state index contributed by atoms with van der Waals surface area (Å²) in [5.74, 6) is 0.630. The molecule has 0 aromatic carbocycles. The molecule has 1 saturated heterocycles. The minimum Gasteiger partial charge on any atom is -0.340 e. The smallest absolute Gasteiger partial charge is 0.319 e. The Balaban J connectivity index is 1.30. The van der Waals surface area contributed by atoms with E-state index in [0.717, 1.165) is 51.3 Å². The van der Waals surface area contributed by atoms with Gasteiger partial charge in [0, 0.05) is 63.3 Å². The Hall–Kier alpha value is -2.15. The highest BCUT2D eigenvalue weighted by Gasteiger charge is 2.30. The number of nitrogens with one attached hydrogen (secondary N) is 2. The molecule has 1 saturated carbocycles. The van der Waals surface area contributed by atoms with Crippen LogP contribution in [0, 0.1) is 5.92 Å². The first-order valence-electron chi connectivity index (χ1n) is 8.68. The lowest BCUT2D eigenvalue weighted by Gasteiger charge is -2.38. The monoisotopic (exact) mass is 331 g/mol. The van der Waals surface area contributed by atoms with Gasteiger partial charge in [0.05, 0.1) is 0 Å². The fraction of sp³-hybridized carbons (Fsp3) is 0.588. The lowest BCUT2D eigenvalue weighted by molar-refractivity contribution is -0.139. The van der Waals surface area contributed by atoms with E-state index in [1.54, 1.807) is 24.5 Å². The van der Waals surface area contributed by atoms with Gasteiger partial charge < -0.3 is 15.5 Å². The summed E-state index contributed by atoms with van der Waals surface area (Å²) < 4.78 is 0. The quantitative estimate of drug-likeness (QED) is 0.848. The number of anilines is 1. The van der Waals surface area contributed by atoms with E-state index in [-0.39, 0.29) is 11.9 Å². The standard InChI is InChI=1S/C17H25N5O2/c23-16(14-2-1-3-14)22-12-10-21(11-13-22)9-8-19-17(24)20-15-4-6-18-7-5-15/h4-7,14H,1-3,8-13H2,(H2,18,19,20,24). The number of carbonyl (C=O) groups is 2. The molecule has 1 aliphatic carbocycles. The number of carbonyl (C=O) groups excluding carboxylic acids is 2. The number of pyridine rings is 1. The van der Waals surface area contributed by atoms with Crippen LogP contribution in [-0.4, -0.2) is 66.0 Å². The van der Waals surface area contributed by atoms with Crippen LogP contribution in [0.1, 0.15) is 19.3 Å². The van der Waals surface area contributed by atoms with E-state index in [9.17, 15) is 9.59 Å². The highest BCUT2D eigenvalue weighted by molar-refractivity contribution is 5.89. The van der Waals surface area contributed by atoms with Crippen molar-refractivity contribution >= 4 is 17.6 Å². The van der Waals surface area contributed by atoms with Crippen molar-refractivity contribution in [2.45, 2.75) is 19.3 Å². The number of amides is 3. The van der Waals surface area contributed by atoms with Crippen molar-refractivity contribution < 1.29 is 9.59 Å². The summed E-state index contributed by atoms with van der Waals surface area (Å²) in [6, 6.07) is 3.29. The lowest BCUT2D eigenvalue weighted by atomic mass is 9.84. The van der Waals surface area contributed by atoms with Crippen LogP contribution in [0.25, 0.3) is 0 Å². The van der Waals surface area contributed by atoms with E-state index in [4.69, 9.17) is 0 Å². The van der Waals surface area contributed by atoms with Gasteiger partial charge in [0.25, 0.3) is 0 Å². The largest absolute Gasteiger partial charge is 0.340 e. The van der Waals surface area contributed by atoms with Gasteiger partial charge in [-0.05, 0) is 25.0 Å². The van der Waals surface area contributed by atoms with E-state index in [0.29, 0.717) is 12.5 Å². The van der Waals surface area contributed by atoms with E-state index < -0.39 is 0 Å². The van der Waals surface area contributed by atoms with Crippen molar-refractivity contribution in [2.24, 2.45) is 5.92 Å². The Kier molecular flexibility index (Phi) is 5.63. The van der Waals surface area contributed by atoms with Crippen molar-refractivity contribution in [1.29, 1.82) is 0 Å². The molecule has 0 bridgehead atoms. The molecule has 3 amide bonds. The zero-order valence-electron chi connectivity index (χ0n) is 13.9. The number of urea groups is 1. The molecule has 0 radical (unpaired) electrons. The van der Waals surface area contributed by atoms with Gasteiger partial charge in [-0.3, -0.25) is 14.7 Å². The number of aromatic nitrogens is 1. The summed E-state index contributed by atoms with van der Waals surface area (Å²) in [5.41, 5.74) is 0.727. The molecule has 3 rings (SSSR count). The van der Waals surface area contributed by atoms with Crippen LogP contribution >= 0.6 is 0 Å². The summed E-state index contributed by atoms with van der Waals surface area (Å²) >= 11 is 0. The highest BCUT2D eigenvalue weighted by Crippen LogP contribution is 2.28. The first kappa shape index (κ1) is 16.7. The SMILES string of the molecule is O=C(NCCN1CCN(C(=O)C2CCC2)CC1)Nc1ccncc1. The normalized spacial score (nSPS) is 18.8. The Morgan fingerprint density at radius 2 is 1.83 bits per heavy atom. The van der Waals surface area contributed by atoms with Crippen molar-refractivity contribution in [3.63, 3.8) is 0 Å². The van der Waals surface area contributed by atoms with Crippen LogP contribution in [0.5, 0.6) is 0 Å². The van der Waals surface area contributed by atoms with Crippen molar-refractivity contribution in [1.82, 2.24) is 20.1 Å². The van der Waals surface area contributed by atoms with Gasteiger partial charge in [-0.1, -0.05) is 6.42 Å². The first-order chi connectivity index (χ1) is 11.7. The van der Waals surface area contributed by atoms with Gasteiger partial charge >= 0.3 is 6.03 Å². The van der Waals surface area contributed by atoms with Crippen molar-refractivity contribution in [3.05, 3.63) is 24.5 Å². The molecule has 1 aromatic heterocycles. The van der Waals surface area contributed by atoms with E-state index in [2.05, 4.69) is 20.5 Å². The molecule has 0 spiro atoms. The lowest BCUT2D eigenvalue weighted by Crippen LogP contribution is -2.52. The Morgan fingerprint density at radius 1 is 1.12 bits per heavy atom. The third-order valence-electron chi connectivity index (χ3n) is 4.79. The molecular formula is C17H25N5O2. The fourth-order valence-corrected chi connectivity index (χ4v) is 3.04. The third-order valence-corrected chi connectivity index (χ3v) is 4.79. The maximum absolute atomic E-state index is 12.2. The Labute approximate surface area is 142 Å². The predicted molar refractivity (Wildman–Crippen MR) is 91.6 cm³/mol. The maximum Gasteiger partial charge on any atom is 0.319 e. The summed E-state index contributed by atoms with van der Waals surface area (Å²) in [5, 5.41) is 5.62. The van der Waals surface area contributed by atoms with Crippen molar-refractivity contribution in [2.75, 3.05) is 44.6 Å². The van der Waals surface area contributed by atoms with Gasteiger partial charge in [-0.25, -0.2) is 4.79 Å². The Bertz CT molecular complexity index is 553. The number of nitrogens with zero attached hydrogens (tertiary/aromatic N) is 3. The summed E-state index contributed by atoms with van der Waals surface area (Å²) in [7, 11) is 0. The van der Waals surface area contributed by atoms with E-state index in [1.165, 1.54) is 6.42 Å². The van der Waals surface area contributed by atoms with Crippen LogP contribution in [-0.2, 0) is 4.79 Å². The molecule has 0 unspecified atom stereocenters. The van der Waals surface area contributed by atoms with Gasteiger partial charge in [-0.2, -0.15) is 0 Å². The molecule has 2 N–H and O–H groups in total. The molecule has 2 aliphatic rings. The van der Waals surface area contributed by atoms with Crippen LogP contribution in [0.3, 0.4) is 0 Å². The van der Waals surface area contributed by atoms with Crippen LogP contribution in [0.4, 0.5) is 10.5 Å². The number of hydrogen-bond donors (Lipinski definition) is 2. The molecule has 130 valence electrons. The first-order valence-corrected chi connectivity index (χ1v) is 8.68. The average Bonchev–Trinajstić information content (AvgIpc) is 2.55. The molecule has 2 fully saturated rings. The molecule has 2 heterocycles. The molecule has 7 nitrogen and oxygen atoms in total. The van der Waals surface area contributed by atoms with Gasteiger partial charge in [-0.15, -0.1) is 0 Å². The topological polar surface area (TPSA) is 77.6 Å². The number of rotatable bonds is 5. The molecule has 24 heavy (non-hydrogen) atoms. The van der Waals surface area contributed by atoms with E-state index >= 15 is 0 Å². The number of hydrogen-bond acceptors (Lipinski definition) is 4. The zero-order chi connectivity index (χ0) is 16.8. The van der Waals surface area contributed by atoms with Crippen LogP contribution < -0.4 is 10.6 Å². The van der Waals surface area contributed by atoms with Crippen LogP contribution in [0.2, 0.25) is 0 Å². The average molecular weight is 331 g/mol. The van der Waals surface area contributed by atoms with Gasteiger partial charge in [0.15, 0.2) is 0 Å². The predicted octanol–water partition coefficient (Wildman–Crippen LogP) is 1.15. The number of piperazine rings is 1. The second-order valence-corrected chi connectivity index (χ2v) is 6.41. The summed E-state index contributed by atoms with van der Waals surface area (Å²) in [6.45, 7) is 4.76. The van der Waals surface area contributed by atoms with Gasteiger partial charge in [0.1, 0.15) is 0 Å². The van der Waals surface area contributed by atoms with Crippen molar-refractivity contribution in [3.8, 4) is 0 Å². The molecule has 0 atom stereocenters. The second kappa shape index (κ2) is 8.10. The zero-order valence-corrected chi connectivity index (χ0v) is 13.9. The van der Waals surface area contributed by atoms with Crippen LogP contribution in [0.15, 0.2) is 24.5 Å². The van der Waals surface area contributed by atoms with E-state index in [1.807, 2.05) is 4.90 Å². The van der Waals surface area contributed by atoms with Gasteiger partial charge in [0.2, 0.25) is 5.91 Å². The molecule has 1 aliphatic heterocycles. The second-order valence-electron chi connectivity index (χ2n) is 6.41. The summed E-state index contributed by atoms with van der Waals surface area (Å²) in [6.07, 6.45) is 6.61. The maximum atomic E-state index is 12.2. The minimum absolute atomic E-state index is 0.208.